The van der Waals surface area contributed by atoms with Crippen LogP contribution < -0.4 is 10.6 Å². The molecule has 2 heterocycles. The molecular weight excluding hydrogens is 320 g/mol. The number of nitrogens with one attached hydrogen (secondary N) is 2. The molecule has 25 heavy (non-hydrogen) atoms. The van der Waals surface area contributed by atoms with Crippen molar-refractivity contribution in [1.82, 2.24) is 10.6 Å². The van der Waals surface area contributed by atoms with Crippen LogP contribution >= 0.6 is 0 Å². The Morgan fingerprint density at radius 1 is 1.24 bits per heavy atom. The van der Waals surface area contributed by atoms with Crippen LogP contribution in [0.5, 0.6) is 0 Å². The van der Waals surface area contributed by atoms with E-state index in [-0.39, 0.29) is 17.6 Å². The molecule has 1 aliphatic carbocycles. The smallest absolute Gasteiger partial charge is 0.226 e. The van der Waals surface area contributed by atoms with Gasteiger partial charge < -0.3 is 14.8 Å². The largest absolute Gasteiger partial charge is 0.490 e. The van der Waals surface area contributed by atoms with Crippen molar-refractivity contribution in [2.24, 2.45) is 5.92 Å². The summed E-state index contributed by atoms with van der Waals surface area (Å²) in [5, 5.41) is 5.58. The first kappa shape index (κ1) is 19.2. The topological polar surface area (TPSA) is 84.5 Å². The molecule has 0 radical (unpaired) electrons. The second kappa shape index (κ2) is 9.39. The number of ketones is 1. The van der Waals surface area contributed by atoms with Crippen molar-refractivity contribution in [3.63, 3.8) is 0 Å². The minimum atomic E-state index is -0.138. The summed E-state index contributed by atoms with van der Waals surface area (Å²) in [5.41, 5.74) is 2.54. The highest BCUT2D eigenvalue weighted by atomic mass is 16.5. The molecule has 0 aromatic carbocycles. The second-order valence-corrected chi connectivity index (χ2v) is 6.75. The van der Waals surface area contributed by atoms with Gasteiger partial charge in [-0.3, -0.25) is 14.9 Å². The highest BCUT2D eigenvalue weighted by Gasteiger charge is 2.24. The van der Waals surface area contributed by atoms with Crippen LogP contribution in [0.4, 0.5) is 0 Å². The predicted molar refractivity (Wildman–Crippen MR) is 94.4 cm³/mol. The first-order chi connectivity index (χ1) is 12.0. The molecule has 0 aromatic heterocycles. The first-order valence-corrected chi connectivity index (χ1v) is 9.09. The van der Waals surface area contributed by atoms with Crippen LogP contribution in [-0.4, -0.2) is 30.7 Å². The number of amides is 2. The first-order valence-electron chi connectivity index (χ1n) is 9.09. The lowest BCUT2D eigenvalue weighted by Crippen LogP contribution is -2.33. The molecule has 2 saturated heterocycles. The van der Waals surface area contributed by atoms with Crippen molar-refractivity contribution < 1.29 is 19.1 Å². The van der Waals surface area contributed by atoms with E-state index in [2.05, 4.69) is 23.6 Å². The van der Waals surface area contributed by atoms with Crippen molar-refractivity contribution >= 4 is 17.6 Å². The molecule has 2 fully saturated rings. The number of hydrogen-bond acceptors (Lipinski definition) is 5. The fourth-order valence-corrected chi connectivity index (χ4v) is 3.17. The lowest BCUT2D eigenvalue weighted by Gasteiger charge is -2.30. The van der Waals surface area contributed by atoms with Gasteiger partial charge in [0.1, 0.15) is 18.1 Å². The fraction of sp³-hybridized carbons (Fsp3) is 0.632. The van der Waals surface area contributed by atoms with Crippen molar-refractivity contribution in [3.05, 3.63) is 23.1 Å². The molecule has 0 bridgehead atoms. The molecule has 1 unspecified atom stereocenters. The summed E-state index contributed by atoms with van der Waals surface area (Å²) in [5.74, 6) is 1.50. The molecule has 0 saturated carbocycles. The maximum absolute atomic E-state index is 11.0. The Hall–Kier alpha value is -2.11. The van der Waals surface area contributed by atoms with E-state index in [4.69, 9.17) is 4.74 Å². The SMILES string of the molecule is CC(=O)CCC(C)C1=C2OCCNC2=CCC1.O=C1CCCC(=O)N1. The number of Topliss-reactive ketones (excluding diaryl/α,β-unsaturated/α-hetero) is 1. The van der Waals surface area contributed by atoms with E-state index < -0.39 is 0 Å². The van der Waals surface area contributed by atoms with Gasteiger partial charge in [-0.15, -0.1) is 0 Å². The van der Waals surface area contributed by atoms with Gasteiger partial charge in [-0.2, -0.15) is 0 Å². The summed E-state index contributed by atoms with van der Waals surface area (Å²) in [6.45, 7) is 5.50. The maximum Gasteiger partial charge on any atom is 0.226 e. The lowest BCUT2D eigenvalue weighted by atomic mass is 9.87. The van der Waals surface area contributed by atoms with E-state index in [1.807, 2.05) is 0 Å². The number of morpholine rings is 1. The number of ether oxygens (including phenoxy) is 1. The Balaban J connectivity index is 0.000000236. The molecule has 138 valence electrons. The van der Waals surface area contributed by atoms with Crippen LogP contribution in [0.2, 0.25) is 0 Å². The van der Waals surface area contributed by atoms with Crippen LogP contribution in [0.1, 0.15) is 58.8 Å². The minimum Gasteiger partial charge on any atom is -0.490 e. The molecule has 3 aliphatic rings. The van der Waals surface area contributed by atoms with E-state index in [1.165, 1.54) is 5.57 Å². The van der Waals surface area contributed by atoms with Gasteiger partial charge in [0, 0.05) is 25.8 Å². The summed E-state index contributed by atoms with van der Waals surface area (Å²) < 4.78 is 5.79. The number of fused-ring (bicyclic) bond motifs is 1. The van der Waals surface area contributed by atoms with Gasteiger partial charge in [0.05, 0.1) is 5.70 Å². The molecule has 2 aliphatic heterocycles. The second-order valence-electron chi connectivity index (χ2n) is 6.75. The van der Waals surface area contributed by atoms with Crippen LogP contribution in [0.3, 0.4) is 0 Å². The highest BCUT2D eigenvalue weighted by molar-refractivity contribution is 5.97. The summed E-state index contributed by atoms with van der Waals surface area (Å²) in [7, 11) is 0. The summed E-state index contributed by atoms with van der Waals surface area (Å²) in [6.07, 6.45) is 7.70. The van der Waals surface area contributed by atoms with Crippen LogP contribution in [0, 0.1) is 5.92 Å². The molecule has 6 nitrogen and oxygen atoms in total. The number of imide groups is 1. The standard InChI is InChI=1S/C14H21NO2.C5H7NO2/c1-10(6-7-11(2)16)12-4-3-5-13-14(12)17-9-8-15-13;7-4-2-1-3-5(8)6-4/h5,10,15H,3-4,6-9H2,1-2H3;1-3H2,(H,6,7,8). The van der Waals surface area contributed by atoms with Gasteiger partial charge >= 0.3 is 0 Å². The Labute approximate surface area is 149 Å². The number of rotatable bonds is 4. The van der Waals surface area contributed by atoms with E-state index >= 15 is 0 Å². The number of allylic oxidation sites excluding steroid dienone is 2. The Kier molecular flexibility index (Phi) is 7.22. The third-order valence-corrected chi connectivity index (χ3v) is 4.57. The van der Waals surface area contributed by atoms with Crippen LogP contribution in [0.15, 0.2) is 23.1 Å². The molecule has 2 N–H and O–H groups in total. The molecular formula is C19H28N2O4. The Bertz CT molecular complexity index is 578. The summed E-state index contributed by atoms with van der Waals surface area (Å²) in [6, 6.07) is 0. The zero-order chi connectivity index (χ0) is 18.2. The molecule has 1 atom stereocenters. The summed E-state index contributed by atoms with van der Waals surface area (Å²) >= 11 is 0. The van der Waals surface area contributed by atoms with E-state index in [0.717, 1.165) is 43.9 Å². The summed E-state index contributed by atoms with van der Waals surface area (Å²) in [4.78, 5) is 31.7. The highest BCUT2D eigenvalue weighted by Crippen LogP contribution is 2.33. The zero-order valence-corrected chi connectivity index (χ0v) is 15.2. The quantitative estimate of drug-likeness (QED) is 0.762. The molecule has 0 spiro atoms. The number of carbonyl (C=O) groups is 3. The van der Waals surface area contributed by atoms with Crippen molar-refractivity contribution in [1.29, 1.82) is 0 Å². The van der Waals surface area contributed by atoms with Crippen LogP contribution in [-0.2, 0) is 19.1 Å². The minimum absolute atomic E-state index is 0.138. The number of carbonyl (C=O) groups excluding carboxylic acids is 3. The molecule has 0 aromatic rings. The zero-order valence-electron chi connectivity index (χ0n) is 15.2. The fourth-order valence-electron chi connectivity index (χ4n) is 3.17. The van der Waals surface area contributed by atoms with E-state index in [0.29, 0.717) is 31.6 Å². The lowest BCUT2D eigenvalue weighted by molar-refractivity contribution is -0.133. The molecule has 3 rings (SSSR count). The normalized spacial score (nSPS) is 20.8. The van der Waals surface area contributed by atoms with Crippen LogP contribution in [0.25, 0.3) is 0 Å². The number of hydrogen-bond donors (Lipinski definition) is 2. The van der Waals surface area contributed by atoms with Crippen molar-refractivity contribution in [2.45, 2.75) is 58.8 Å². The monoisotopic (exact) mass is 348 g/mol. The number of piperidine rings is 1. The average Bonchev–Trinajstić information content (AvgIpc) is 2.59. The molecule has 2 amide bonds. The predicted octanol–water partition coefficient (Wildman–Crippen LogP) is 2.36. The maximum atomic E-state index is 11.0. The van der Waals surface area contributed by atoms with Crippen molar-refractivity contribution in [2.75, 3.05) is 13.2 Å². The van der Waals surface area contributed by atoms with Gasteiger partial charge in [0.2, 0.25) is 11.8 Å². The van der Waals surface area contributed by atoms with Gasteiger partial charge in [0.15, 0.2) is 0 Å². The van der Waals surface area contributed by atoms with Gasteiger partial charge in [-0.1, -0.05) is 13.0 Å². The van der Waals surface area contributed by atoms with Gasteiger partial charge in [0.25, 0.3) is 0 Å². The van der Waals surface area contributed by atoms with Gasteiger partial charge in [-0.05, 0) is 44.1 Å². The van der Waals surface area contributed by atoms with Gasteiger partial charge in [-0.25, -0.2) is 0 Å². The third kappa shape index (κ3) is 6.03. The Morgan fingerprint density at radius 2 is 1.96 bits per heavy atom. The average molecular weight is 348 g/mol. The molecule has 6 heteroatoms. The van der Waals surface area contributed by atoms with E-state index in [1.54, 1.807) is 6.92 Å². The van der Waals surface area contributed by atoms with E-state index in [9.17, 15) is 14.4 Å². The third-order valence-electron chi connectivity index (χ3n) is 4.57. The van der Waals surface area contributed by atoms with Crippen molar-refractivity contribution in [3.8, 4) is 0 Å². The Morgan fingerprint density at radius 3 is 2.56 bits per heavy atom.